The number of halogens is 6. The minimum Gasteiger partial charge on any atom is -0.404 e. The Labute approximate surface area is 320 Å². The number of carbonyl (C=O) groups is 2. The molecule has 21 heteroatoms. The van der Waals surface area contributed by atoms with Crippen LogP contribution in [0.5, 0.6) is 0 Å². The molecule has 3 amide bonds. The van der Waals surface area contributed by atoms with Gasteiger partial charge in [0.05, 0.1) is 22.5 Å². The van der Waals surface area contributed by atoms with Gasteiger partial charge in [0.25, 0.3) is 0 Å². The van der Waals surface area contributed by atoms with E-state index >= 15 is 0 Å². The highest BCUT2D eigenvalue weighted by molar-refractivity contribution is 7.82. The Kier molecular flexibility index (Phi) is 12.5. The summed E-state index contributed by atoms with van der Waals surface area (Å²) in [6, 6.07) is 10.5. The number of aromatic nitrogens is 3. The lowest BCUT2D eigenvalue weighted by Gasteiger charge is -2.35. The van der Waals surface area contributed by atoms with Crippen molar-refractivity contribution in [2.24, 2.45) is 10.7 Å². The van der Waals surface area contributed by atoms with Crippen molar-refractivity contribution >= 4 is 52.2 Å². The molecule has 2 aromatic heterocycles. The van der Waals surface area contributed by atoms with Gasteiger partial charge in [0.15, 0.2) is 0 Å². The molecule has 300 valence electrons. The summed E-state index contributed by atoms with van der Waals surface area (Å²) < 4.78 is 94.4. The van der Waals surface area contributed by atoms with Gasteiger partial charge in [0.2, 0.25) is 11.9 Å². The van der Waals surface area contributed by atoms with Crippen LogP contribution in [0.2, 0.25) is 0 Å². The molecule has 0 aliphatic carbocycles. The van der Waals surface area contributed by atoms with E-state index in [9.17, 15) is 40.1 Å². The Bertz CT molecular complexity index is 1960. The maximum absolute atomic E-state index is 13.7. The molecule has 3 aromatic rings. The Morgan fingerprint density at radius 1 is 0.982 bits per heavy atom. The molecule has 1 atom stereocenters. The molecule has 1 unspecified atom stereocenters. The van der Waals surface area contributed by atoms with E-state index in [-0.39, 0.29) is 24.3 Å². The lowest BCUT2D eigenvalue weighted by molar-refractivity contribution is -0.138. The third-order valence-corrected chi connectivity index (χ3v) is 10.9. The molecule has 0 spiro atoms. The first-order chi connectivity index (χ1) is 26.7. The summed E-state index contributed by atoms with van der Waals surface area (Å²) in [5.74, 6) is 0.333. The van der Waals surface area contributed by atoms with E-state index in [1.165, 1.54) is 4.90 Å². The second-order valence-corrected chi connectivity index (χ2v) is 14.8. The van der Waals surface area contributed by atoms with Crippen molar-refractivity contribution in [3.8, 4) is 0 Å². The second-order valence-electron chi connectivity index (χ2n) is 13.3. The molecule has 3 aliphatic rings. The molecule has 4 N–H and O–H groups in total. The van der Waals surface area contributed by atoms with Crippen LogP contribution in [0.25, 0.3) is 5.57 Å². The summed E-state index contributed by atoms with van der Waals surface area (Å²) in [6.07, 6.45) is -4.91. The first kappa shape index (κ1) is 40.5. The van der Waals surface area contributed by atoms with Crippen LogP contribution in [-0.2, 0) is 28.5 Å². The highest BCUT2D eigenvalue weighted by Crippen LogP contribution is 2.34. The van der Waals surface area contributed by atoms with Gasteiger partial charge in [-0.05, 0) is 42.7 Å². The first-order valence-corrected chi connectivity index (χ1v) is 18.8. The lowest BCUT2D eigenvalue weighted by Crippen LogP contribution is -2.49. The van der Waals surface area contributed by atoms with Crippen LogP contribution in [0.4, 0.5) is 48.6 Å². The van der Waals surface area contributed by atoms with E-state index in [2.05, 4.69) is 40.4 Å². The molecule has 3 saturated heterocycles. The average Bonchev–Trinajstić information content (AvgIpc) is 3.16. The molecule has 1 aromatic carbocycles. The van der Waals surface area contributed by atoms with Crippen molar-refractivity contribution in [2.45, 2.75) is 49.1 Å². The summed E-state index contributed by atoms with van der Waals surface area (Å²) in [6.45, 7) is 3.18. The fourth-order valence-corrected chi connectivity index (χ4v) is 7.78. The lowest BCUT2D eigenvalue weighted by atomic mass is 10.1. The van der Waals surface area contributed by atoms with Crippen LogP contribution in [0.15, 0.2) is 64.9 Å². The van der Waals surface area contributed by atoms with E-state index in [1.54, 1.807) is 12.3 Å². The molecule has 3 fully saturated rings. The number of alkyl halides is 6. The number of rotatable bonds is 11. The fourth-order valence-electron chi connectivity index (χ4n) is 6.49. The molecule has 6 rings (SSSR count). The summed E-state index contributed by atoms with van der Waals surface area (Å²) in [5.41, 5.74) is 4.65. The minimum atomic E-state index is -4.91. The molecule has 0 saturated carbocycles. The first-order valence-electron chi connectivity index (χ1n) is 17.7. The fraction of sp³-hybridized carbons (Fsp3) is 0.429. The van der Waals surface area contributed by atoms with Gasteiger partial charge < -0.3 is 16.0 Å². The van der Waals surface area contributed by atoms with Crippen LogP contribution < -0.4 is 26.2 Å². The van der Waals surface area contributed by atoms with Gasteiger partial charge in [-0.1, -0.05) is 12.1 Å². The van der Waals surface area contributed by atoms with Gasteiger partial charge in [-0.3, -0.25) is 24.9 Å². The van der Waals surface area contributed by atoms with Gasteiger partial charge in [-0.15, -0.1) is 0 Å². The number of pyridine rings is 1. The summed E-state index contributed by atoms with van der Waals surface area (Å²) in [7, 11) is -1.47. The van der Waals surface area contributed by atoms with Crippen molar-refractivity contribution in [3.05, 3.63) is 71.8 Å². The number of imide groups is 1. The normalized spacial score (nSPS) is 19.1. The van der Waals surface area contributed by atoms with E-state index in [4.69, 9.17) is 5.73 Å². The largest absolute Gasteiger partial charge is 0.419 e. The number of nitrogens with one attached hydrogen (secondary N) is 2. The van der Waals surface area contributed by atoms with Crippen LogP contribution in [-0.4, -0.2) is 111 Å². The van der Waals surface area contributed by atoms with Crippen LogP contribution >= 0.6 is 0 Å². The number of carbonyl (C=O) groups excluding carboxylic acids is 2. The molecule has 14 nitrogen and oxygen atoms in total. The van der Waals surface area contributed by atoms with Crippen LogP contribution in [0.1, 0.15) is 36.1 Å². The Balaban J connectivity index is 0.997. The number of nitrogens with zero attached hydrogens (tertiary/aromatic N) is 8. The number of hydrogen-bond acceptors (Lipinski definition) is 11. The second kappa shape index (κ2) is 17.3. The summed E-state index contributed by atoms with van der Waals surface area (Å²) in [4.78, 5) is 45.7. The van der Waals surface area contributed by atoms with E-state index in [1.807, 2.05) is 34.6 Å². The number of piperidine rings is 1. The van der Waals surface area contributed by atoms with Crippen molar-refractivity contribution < 1.29 is 40.1 Å². The zero-order valence-corrected chi connectivity index (χ0v) is 30.7. The number of piperazine rings is 1. The Morgan fingerprint density at radius 2 is 1.73 bits per heavy atom. The van der Waals surface area contributed by atoms with Gasteiger partial charge in [0.1, 0.15) is 28.9 Å². The monoisotopic (exact) mass is 807 g/mol. The number of anilines is 3. The number of aliphatic imine (C=N–C) groups is 1. The predicted molar refractivity (Wildman–Crippen MR) is 197 cm³/mol. The zero-order valence-electron chi connectivity index (χ0n) is 29.9. The van der Waals surface area contributed by atoms with Gasteiger partial charge in [0, 0.05) is 89.0 Å². The number of allylic oxidation sites excluding steroid dienone is 1. The van der Waals surface area contributed by atoms with Crippen molar-refractivity contribution in [1.29, 1.82) is 0 Å². The molecule has 56 heavy (non-hydrogen) atoms. The average molecular weight is 808 g/mol. The number of nitrogens with two attached hydrogens (primary N) is 1. The van der Waals surface area contributed by atoms with E-state index in [0.29, 0.717) is 68.2 Å². The molecule has 5 heterocycles. The highest BCUT2D eigenvalue weighted by atomic mass is 32.2. The minimum absolute atomic E-state index is 0.165. The maximum Gasteiger partial charge on any atom is 0.419 e. The van der Waals surface area contributed by atoms with Gasteiger partial charge in [-0.25, -0.2) is 28.3 Å². The number of hydrogen-bond donors (Lipinski definition) is 3. The van der Waals surface area contributed by atoms with Gasteiger partial charge in [-0.2, -0.15) is 26.3 Å². The highest BCUT2D eigenvalue weighted by Gasteiger charge is 2.36. The summed E-state index contributed by atoms with van der Waals surface area (Å²) in [5, 5.41) is 5.31. The molecule has 0 radical (unpaired) electrons. The number of benzene rings is 1. The standard InChI is InChI=1S/C35H39F6N11O3S/c36-34(37,38)22-43-18-24(17-42)31-28(35(39,40)41)20-45-32(48-31)46-25-6-9-51(10-7-25)56(55)27-3-1-2-23(16-27)21-49-12-14-50(15-13-49)29-5-4-26(19-44-29)52-11-8-30(53)47-33(52)54/h1-5,16-20,25H,6-15,21-22,42H2,(H,45,46,48)(H,47,53,54)/b24-17+,43-18?. The summed E-state index contributed by atoms with van der Waals surface area (Å²) >= 11 is 0. The molecular weight excluding hydrogens is 769 g/mol. The topological polar surface area (TPSA) is 165 Å². The van der Waals surface area contributed by atoms with Gasteiger partial charge >= 0.3 is 18.4 Å². The third-order valence-electron chi connectivity index (χ3n) is 9.37. The van der Waals surface area contributed by atoms with Crippen molar-refractivity contribution in [3.63, 3.8) is 0 Å². The van der Waals surface area contributed by atoms with Crippen LogP contribution in [0.3, 0.4) is 0 Å². The number of urea groups is 1. The van der Waals surface area contributed by atoms with Crippen LogP contribution in [0, 0.1) is 0 Å². The quantitative estimate of drug-likeness (QED) is 0.189. The smallest absolute Gasteiger partial charge is 0.404 e. The molecule has 0 bridgehead atoms. The SMILES string of the molecule is N/C=C(\C=NCC(F)(F)F)c1nc(NC2CCN(S(=O)c3cccc(CN4CCN(c5ccc(N6CCC(=O)NC6=O)cn5)CC4)c3)CC2)ncc1C(F)(F)F. The Morgan fingerprint density at radius 3 is 2.38 bits per heavy atom. The maximum atomic E-state index is 13.7. The third kappa shape index (κ3) is 10.4. The number of amides is 3. The molecular formula is C35H39F6N11O3S. The van der Waals surface area contributed by atoms with Crippen molar-refractivity contribution in [2.75, 3.05) is 67.5 Å². The predicted octanol–water partition coefficient (Wildman–Crippen LogP) is 4.19. The van der Waals surface area contributed by atoms with Crippen molar-refractivity contribution in [1.82, 2.24) is 29.5 Å². The zero-order chi connectivity index (χ0) is 40.0. The molecule has 3 aliphatic heterocycles. The van der Waals surface area contributed by atoms with E-state index in [0.717, 1.165) is 37.6 Å². The van der Waals surface area contributed by atoms with E-state index < -0.39 is 52.7 Å². The Hall–Kier alpha value is -5.15.